The van der Waals surface area contributed by atoms with Crippen LogP contribution in [0, 0.1) is 5.82 Å². The van der Waals surface area contributed by atoms with Crippen molar-refractivity contribution in [3.63, 3.8) is 0 Å². The summed E-state index contributed by atoms with van der Waals surface area (Å²) < 4.78 is 13.6. The molecule has 0 aliphatic carbocycles. The highest BCUT2D eigenvalue weighted by Crippen LogP contribution is 2.44. The Morgan fingerprint density at radius 3 is 3.00 bits per heavy atom. The van der Waals surface area contributed by atoms with Gasteiger partial charge in [-0.3, -0.25) is 4.79 Å². The fraction of sp³-hybridized carbons (Fsp3) is 0.400. The number of nitrogens with zero attached hydrogens (tertiary/aromatic N) is 1. The van der Waals surface area contributed by atoms with E-state index in [1.54, 1.807) is 17.0 Å². The van der Waals surface area contributed by atoms with Crippen LogP contribution in [0.25, 0.3) is 10.9 Å². The number of nitrogens with two attached hydrogens (primary N) is 1. The Bertz CT molecular complexity index is 1150. The third-order valence-electron chi connectivity index (χ3n) is 7.76. The van der Waals surface area contributed by atoms with E-state index in [1.807, 2.05) is 11.0 Å². The average molecular weight is 421 g/mol. The number of piperidine rings is 1. The number of halogens is 1. The molecule has 3 aliphatic rings. The Balaban J connectivity index is 1.32. The van der Waals surface area contributed by atoms with Crippen molar-refractivity contribution in [2.24, 2.45) is 0 Å². The monoisotopic (exact) mass is 420 g/mol. The van der Waals surface area contributed by atoms with Crippen molar-refractivity contribution >= 4 is 22.5 Å². The fourth-order valence-electron chi connectivity index (χ4n) is 6.22. The second kappa shape index (κ2) is 7.18. The molecule has 1 spiro atoms. The number of aromatic nitrogens is 1. The molecule has 2 aromatic carbocycles. The summed E-state index contributed by atoms with van der Waals surface area (Å²) in [7, 11) is 0. The third kappa shape index (κ3) is 3.08. The first-order valence-electron chi connectivity index (χ1n) is 11.5. The molecule has 31 heavy (non-hydrogen) atoms. The number of quaternary nitrogens is 2. The van der Waals surface area contributed by atoms with Gasteiger partial charge in [-0.2, -0.15) is 0 Å². The number of fused-ring (bicyclic) bond motifs is 3. The highest BCUT2D eigenvalue weighted by molar-refractivity contribution is 6.09. The van der Waals surface area contributed by atoms with Gasteiger partial charge in [-0.15, -0.1) is 0 Å². The maximum atomic E-state index is 13.6. The van der Waals surface area contributed by atoms with Crippen LogP contribution in [0.15, 0.2) is 48.5 Å². The maximum Gasteiger partial charge on any atom is 0.274 e. The number of benzene rings is 2. The van der Waals surface area contributed by atoms with Gasteiger partial charge in [-0.25, -0.2) is 4.39 Å². The molecule has 1 unspecified atom stereocenters. The molecule has 4 heterocycles. The van der Waals surface area contributed by atoms with E-state index < -0.39 is 0 Å². The van der Waals surface area contributed by atoms with Crippen LogP contribution < -0.4 is 15.1 Å². The predicted molar refractivity (Wildman–Crippen MR) is 118 cm³/mol. The van der Waals surface area contributed by atoms with E-state index >= 15 is 0 Å². The summed E-state index contributed by atoms with van der Waals surface area (Å²) in [6.07, 6.45) is 3.75. The molecule has 3 aromatic rings. The Labute approximate surface area is 181 Å². The lowest BCUT2D eigenvalue weighted by Gasteiger charge is -2.29. The van der Waals surface area contributed by atoms with Gasteiger partial charge in [0.05, 0.1) is 25.0 Å². The number of hydrogen-bond donors (Lipinski definition) is 3. The molecule has 6 rings (SSSR count). The van der Waals surface area contributed by atoms with Crippen LogP contribution in [-0.2, 0) is 5.41 Å². The molecule has 0 bridgehead atoms. The van der Waals surface area contributed by atoms with Crippen molar-refractivity contribution in [2.45, 2.75) is 30.7 Å². The van der Waals surface area contributed by atoms with Gasteiger partial charge in [-0.1, -0.05) is 18.2 Å². The van der Waals surface area contributed by atoms with Crippen molar-refractivity contribution in [3.05, 3.63) is 65.6 Å². The van der Waals surface area contributed by atoms with Gasteiger partial charge in [0, 0.05) is 42.4 Å². The molecule has 4 N–H and O–H groups in total. The molecule has 3 atom stereocenters. The van der Waals surface area contributed by atoms with E-state index in [1.165, 1.54) is 50.2 Å². The number of carbonyl (C=O) groups excluding carboxylic acids is 1. The molecule has 160 valence electrons. The Morgan fingerprint density at radius 2 is 2.13 bits per heavy atom. The molecule has 3 aliphatic heterocycles. The first-order valence-corrected chi connectivity index (χ1v) is 11.5. The van der Waals surface area contributed by atoms with Gasteiger partial charge in [0.2, 0.25) is 0 Å². The minimum absolute atomic E-state index is 0.0274. The van der Waals surface area contributed by atoms with E-state index in [9.17, 15) is 9.18 Å². The number of nitrogens with one attached hydrogen (secondary N) is 2. The van der Waals surface area contributed by atoms with Gasteiger partial charge < -0.3 is 20.1 Å². The molecule has 0 saturated carbocycles. The topological polar surface area (TPSA) is 57.1 Å². The SMILES string of the molecule is O=C(c1cc2cc(F)ccc2[nH]1)N1C[C@]2(CC[NH+]([C@@H]3CCC[NH2+]C3)C2)c2ccccc21. The molecular weight excluding hydrogens is 391 g/mol. The molecule has 6 heteroatoms. The Kier molecular flexibility index (Phi) is 4.40. The van der Waals surface area contributed by atoms with Gasteiger partial charge in [0.15, 0.2) is 0 Å². The van der Waals surface area contributed by atoms with E-state index in [0.29, 0.717) is 5.69 Å². The van der Waals surface area contributed by atoms with Crippen LogP contribution in [0.2, 0.25) is 0 Å². The summed E-state index contributed by atoms with van der Waals surface area (Å²) in [4.78, 5) is 20.4. The number of carbonyl (C=O) groups is 1. The minimum Gasteiger partial charge on any atom is -0.351 e. The fourth-order valence-corrected chi connectivity index (χ4v) is 6.22. The number of amides is 1. The average Bonchev–Trinajstić information content (AvgIpc) is 3.50. The molecule has 2 fully saturated rings. The second-order valence-corrected chi connectivity index (χ2v) is 9.59. The van der Waals surface area contributed by atoms with Crippen LogP contribution in [0.1, 0.15) is 35.3 Å². The van der Waals surface area contributed by atoms with Crippen molar-refractivity contribution in [3.8, 4) is 0 Å². The smallest absolute Gasteiger partial charge is 0.274 e. The first-order chi connectivity index (χ1) is 15.1. The predicted octanol–water partition coefficient (Wildman–Crippen LogP) is 1.22. The van der Waals surface area contributed by atoms with Crippen LogP contribution in [-0.4, -0.2) is 49.7 Å². The quantitative estimate of drug-likeness (QED) is 0.574. The number of para-hydroxylation sites is 1. The minimum atomic E-state index is -0.287. The van der Waals surface area contributed by atoms with Crippen LogP contribution >= 0.6 is 0 Å². The Morgan fingerprint density at radius 1 is 1.23 bits per heavy atom. The lowest BCUT2D eigenvalue weighted by molar-refractivity contribution is -0.933. The van der Waals surface area contributed by atoms with E-state index in [2.05, 4.69) is 28.5 Å². The highest BCUT2D eigenvalue weighted by atomic mass is 19.1. The van der Waals surface area contributed by atoms with Crippen LogP contribution in [0.4, 0.5) is 10.1 Å². The first kappa shape index (κ1) is 19.0. The highest BCUT2D eigenvalue weighted by Gasteiger charge is 2.52. The van der Waals surface area contributed by atoms with E-state index in [0.717, 1.165) is 42.1 Å². The van der Waals surface area contributed by atoms with Crippen molar-refractivity contribution in [2.75, 3.05) is 37.6 Å². The van der Waals surface area contributed by atoms with Crippen molar-refractivity contribution < 1.29 is 19.4 Å². The number of hydrogen-bond acceptors (Lipinski definition) is 1. The summed E-state index contributed by atoms with van der Waals surface area (Å²) in [5.74, 6) is -0.315. The zero-order valence-electron chi connectivity index (χ0n) is 17.7. The molecular formula is C25H29FN4O+2. The van der Waals surface area contributed by atoms with Gasteiger partial charge in [-0.05, 0) is 35.9 Å². The number of anilines is 1. The maximum absolute atomic E-state index is 13.6. The lowest BCUT2D eigenvalue weighted by Crippen LogP contribution is -3.18. The molecule has 5 nitrogen and oxygen atoms in total. The number of aromatic amines is 1. The summed E-state index contributed by atoms with van der Waals surface area (Å²) in [5.41, 5.74) is 3.71. The summed E-state index contributed by atoms with van der Waals surface area (Å²) in [5, 5.41) is 3.19. The number of H-pyrrole nitrogens is 1. The normalized spacial score (nSPS) is 27.8. The number of likely N-dealkylation sites (tertiary alicyclic amines) is 1. The second-order valence-electron chi connectivity index (χ2n) is 9.59. The molecule has 1 aromatic heterocycles. The lowest BCUT2D eigenvalue weighted by atomic mass is 9.81. The van der Waals surface area contributed by atoms with Crippen LogP contribution in [0.5, 0.6) is 0 Å². The molecule has 2 saturated heterocycles. The summed E-state index contributed by atoms with van der Waals surface area (Å²) in [6.45, 7) is 5.50. The standard InChI is InChI=1S/C25H27FN4O/c26-18-7-8-21-17(12-18)13-22(28-21)24(31)30-16-25(20-5-1-2-6-23(20)30)9-11-29(15-25)19-4-3-10-27-14-19/h1-2,5-8,12-13,19,27-28H,3-4,9-11,14-16H2/p+2/t19-,25-/m1/s1. The van der Waals surface area contributed by atoms with Crippen molar-refractivity contribution in [1.29, 1.82) is 0 Å². The third-order valence-corrected chi connectivity index (χ3v) is 7.76. The molecule has 0 radical (unpaired) electrons. The van der Waals surface area contributed by atoms with E-state index in [4.69, 9.17) is 0 Å². The Hall–Kier alpha value is -2.70. The number of rotatable bonds is 2. The van der Waals surface area contributed by atoms with E-state index in [-0.39, 0.29) is 17.1 Å². The van der Waals surface area contributed by atoms with Gasteiger partial charge in [0.25, 0.3) is 5.91 Å². The summed E-state index contributed by atoms with van der Waals surface area (Å²) in [6, 6.07) is 15.5. The zero-order chi connectivity index (χ0) is 21.0. The van der Waals surface area contributed by atoms with Gasteiger partial charge >= 0.3 is 0 Å². The zero-order valence-corrected chi connectivity index (χ0v) is 17.7. The van der Waals surface area contributed by atoms with Crippen molar-refractivity contribution in [1.82, 2.24) is 4.98 Å². The van der Waals surface area contributed by atoms with Gasteiger partial charge in [0.1, 0.15) is 24.1 Å². The van der Waals surface area contributed by atoms with Crippen LogP contribution in [0.3, 0.4) is 0 Å². The summed E-state index contributed by atoms with van der Waals surface area (Å²) >= 11 is 0. The largest absolute Gasteiger partial charge is 0.351 e. The molecule has 1 amide bonds.